The number of rotatable bonds is 9. The number of piperazine rings is 1. The molecule has 1 N–H and O–H groups in total. The fourth-order valence-electron chi connectivity index (χ4n) is 7.27. The van der Waals surface area contributed by atoms with Gasteiger partial charge >= 0.3 is 15.8 Å². The number of aryl methyl sites for hydroxylation is 2. The van der Waals surface area contributed by atoms with Gasteiger partial charge in [0.25, 0.3) is 11.8 Å². The molecule has 13 nitrogen and oxygen atoms in total. The van der Waals surface area contributed by atoms with Gasteiger partial charge in [0.1, 0.15) is 23.3 Å². The van der Waals surface area contributed by atoms with Crippen LogP contribution >= 0.6 is 0 Å². The quantitative estimate of drug-likeness (QED) is 0.327. The number of hydrogen-bond acceptors (Lipinski definition) is 10. The van der Waals surface area contributed by atoms with E-state index >= 15 is 4.39 Å². The van der Waals surface area contributed by atoms with Crippen LogP contribution in [0, 0.1) is 19.7 Å². The SMILES string of the molecule is CCOc1cc(C(=O)N2CCc3c(c(=O)oc4c(C)c(N5CCN(C)[C@@H](COC)C5)cc(C)c34)C2)c(F)cc1C(=O)NS(=O)(=O)N1CC[C@H](F)C1. The molecule has 276 valence electrons. The number of fused-ring (bicyclic) bond motifs is 3. The Bertz CT molecular complexity index is 2040. The number of ether oxygens (including phenoxy) is 2. The van der Waals surface area contributed by atoms with Crippen LogP contribution in [0.15, 0.2) is 27.4 Å². The van der Waals surface area contributed by atoms with Crippen LogP contribution in [0.2, 0.25) is 0 Å². The van der Waals surface area contributed by atoms with Crippen molar-refractivity contribution in [3.8, 4) is 5.75 Å². The third kappa shape index (κ3) is 7.06. The van der Waals surface area contributed by atoms with Gasteiger partial charge in [0.15, 0.2) is 0 Å². The minimum Gasteiger partial charge on any atom is -0.493 e. The molecule has 3 aromatic rings. The van der Waals surface area contributed by atoms with Gasteiger partial charge in [-0.05, 0) is 70.0 Å². The van der Waals surface area contributed by atoms with Crippen molar-refractivity contribution in [1.82, 2.24) is 18.8 Å². The average Bonchev–Trinajstić information content (AvgIpc) is 3.55. The molecule has 0 bridgehead atoms. The fraction of sp³-hybridized carbons (Fsp3) is 0.514. The molecule has 0 unspecified atom stereocenters. The van der Waals surface area contributed by atoms with E-state index < -0.39 is 57.3 Å². The van der Waals surface area contributed by atoms with Crippen LogP contribution in [0.25, 0.3) is 11.0 Å². The van der Waals surface area contributed by atoms with Gasteiger partial charge in [-0.15, -0.1) is 0 Å². The largest absolute Gasteiger partial charge is 0.493 e. The molecule has 0 spiro atoms. The number of benzene rings is 2. The molecule has 16 heteroatoms. The first-order chi connectivity index (χ1) is 24.2. The molecule has 1 aromatic heterocycles. The molecule has 4 heterocycles. The van der Waals surface area contributed by atoms with E-state index in [0.29, 0.717) is 24.2 Å². The highest BCUT2D eigenvalue weighted by Gasteiger charge is 2.35. The molecule has 3 aliphatic rings. The highest BCUT2D eigenvalue weighted by Crippen LogP contribution is 2.36. The number of nitrogens with zero attached hydrogens (tertiary/aromatic N) is 4. The predicted molar refractivity (Wildman–Crippen MR) is 186 cm³/mol. The van der Waals surface area contributed by atoms with Gasteiger partial charge in [-0.2, -0.15) is 12.7 Å². The van der Waals surface area contributed by atoms with E-state index in [2.05, 4.69) is 22.9 Å². The standard InChI is InChI=1S/C35H43F2N5O8S/c1-6-49-30-15-25(28(37)14-26(30)33(43)38-51(46,47)42-10-7-22(36)16-42)34(44)41-9-8-24-27(18-41)35(45)50-32-21(3)29(13-20(2)31(24)32)40-12-11-39(4)23(17-40)19-48-5/h13-15,22-23H,6-12,16-19H2,1-5H3,(H,38,43)/t22-,23+/m0/s1. The lowest BCUT2D eigenvalue weighted by Gasteiger charge is -2.41. The predicted octanol–water partition coefficient (Wildman–Crippen LogP) is 2.93. The summed E-state index contributed by atoms with van der Waals surface area (Å²) in [6.45, 7) is 8.11. The maximum absolute atomic E-state index is 15.6. The molecule has 2 aromatic carbocycles. The number of anilines is 1. The van der Waals surface area contributed by atoms with E-state index in [1.54, 1.807) is 14.0 Å². The second-order valence-electron chi connectivity index (χ2n) is 13.3. The lowest BCUT2D eigenvalue weighted by atomic mass is 9.92. The van der Waals surface area contributed by atoms with E-state index in [-0.39, 0.29) is 44.5 Å². The second kappa shape index (κ2) is 14.5. The van der Waals surface area contributed by atoms with Crippen LogP contribution in [-0.4, -0.2) is 113 Å². The summed E-state index contributed by atoms with van der Waals surface area (Å²) in [6.07, 6.45) is -1.04. The van der Waals surface area contributed by atoms with Crippen molar-refractivity contribution in [3.05, 3.63) is 67.8 Å². The fourth-order valence-corrected chi connectivity index (χ4v) is 8.45. The van der Waals surface area contributed by atoms with Gasteiger partial charge in [-0.1, -0.05) is 0 Å². The monoisotopic (exact) mass is 731 g/mol. The molecule has 2 atom stereocenters. The van der Waals surface area contributed by atoms with Crippen molar-refractivity contribution in [3.63, 3.8) is 0 Å². The van der Waals surface area contributed by atoms with Crippen molar-refractivity contribution in [2.45, 2.75) is 52.4 Å². The molecule has 2 saturated heterocycles. The van der Waals surface area contributed by atoms with Crippen LogP contribution in [0.4, 0.5) is 14.5 Å². The number of carbonyl (C=O) groups is 2. The van der Waals surface area contributed by atoms with Crippen LogP contribution in [-0.2, 0) is 27.9 Å². The first-order valence-electron chi connectivity index (χ1n) is 17.0. The number of nitrogens with one attached hydrogen (secondary N) is 1. The highest BCUT2D eigenvalue weighted by atomic mass is 32.2. The summed E-state index contributed by atoms with van der Waals surface area (Å²) < 4.78 is 74.1. The van der Waals surface area contributed by atoms with E-state index in [0.717, 1.165) is 63.8 Å². The zero-order chi connectivity index (χ0) is 36.8. The number of amides is 2. The zero-order valence-corrected chi connectivity index (χ0v) is 30.2. The molecular formula is C35H43F2N5O8S. The topological polar surface area (TPSA) is 142 Å². The summed E-state index contributed by atoms with van der Waals surface area (Å²) in [5.74, 6) is -3.22. The van der Waals surface area contributed by atoms with Crippen LogP contribution < -0.4 is 20.0 Å². The minimum atomic E-state index is -4.40. The lowest BCUT2D eigenvalue weighted by Crippen LogP contribution is -2.53. The Hall–Kier alpha value is -4.12. The molecule has 0 saturated carbocycles. The smallest absolute Gasteiger partial charge is 0.341 e. The first-order valence-corrected chi connectivity index (χ1v) is 18.4. The summed E-state index contributed by atoms with van der Waals surface area (Å²) in [4.78, 5) is 46.2. The Kier molecular flexibility index (Phi) is 10.4. The Morgan fingerprint density at radius 1 is 1.06 bits per heavy atom. The molecule has 0 radical (unpaired) electrons. The highest BCUT2D eigenvalue weighted by molar-refractivity contribution is 7.87. The molecular weight excluding hydrogens is 688 g/mol. The molecule has 2 fully saturated rings. The maximum Gasteiger partial charge on any atom is 0.341 e. The Labute approximate surface area is 295 Å². The number of carbonyl (C=O) groups excluding carboxylic acids is 2. The van der Waals surface area contributed by atoms with Gasteiger partial charge in [0, 0.05) is 63.0 Å². The van der Waals surface area contributed by atoms with Crippen LogP contribution in [0.5, 0.6) is 5.75 Å². The second-order valence-corrected chi connectivity index (χ2v) is 15.0. The number of likely N-dealkylation sites (N-methyl/N-ethyl adjacent to an activating group) is 1. The number of alkyl halides is 1. The Balaban J connectivity index is 1.26. The van der Waals surface area contributed by atoms with Crippen molar-refractivity contribution >= 4 is 38.7 Å². The molecule has 2 amide bonds. The summed E-state index contributed by atoms with van der Waals surface area (Å²) in [5.41, 5.74) is 2.94. The Morgan fingerprint density at radius 3 is 2.51 bits per heavy atom. The summed E-state index contributed by atoms with van der Waals surface area (Å²) in [7, 11) is -0.637. The molecule has 51 heavy (non-hydrogen) atoms. The number of halogens is 2. The van der Waals surface area contributed by atoms with Crippen LogP contribution in [0.3, 0.4) is 0 Å². The third-order valence-electron chi connectivity index (χ3n) is 10.1. The van der Waals surface area contributed by atoms with Crippen molar-refractivity contribution in [2.24, 2.45) is 0 Å². The van der Waals surface area contributed by atoms with E-state index in [1.165, 1.54) is 4.90 Å². The van der Waals surface area contributed by atoms with Crippen LogP contribution in [0.1, 0.15) is 56.3 Å². The summed E-state index contributed by atoms with van der Waals surface area (Å²) in [6, 6.07) is 4.12. The average molecular weight is 732 g/mol. The molecule has 3 aliphatic heterocycles. The summed E-state index contributed by atoms with van der Waals surface area (Å²) >= 11 is 0. The van der Waals surface area contributed by atoms with Crippen molar-refractivity contribution < 1.29 is 40.7 Å². The molecule has 6 rings (SSSR count). The third-order valence-corrected chi connectivity index (χ3v) is 11.5. The number of hydrogen-bond donors (Lipinski definition) is 1. The first kappa shape index (κ1) is 36.7. The van der Waals surface area contributed by atoms with Gasteiger partial charge in [0.05, 0.1) is 42.5 Å². The van der Waals surface area contributed by atoms with E-state index in [9.17, 15) is 27.2 Å². The maximum atomic E-state index is 15.6. The lowest BCUT2D eigenvalue weighted by molar-refractivity contribution is 0.0726. The van der Waals surface area contributed by atoms with Gasteiger partial charge in [0.2, 0.25) is 0 Å². The van der Waals surface area contributed by atoms with E-state index in [1.807, 2.05) is 18.6 Å². The van der Waals surface area contributed by atoms with Crippen molar-refractivity contribution in [1.29, 1.82) is 0 Å². The van der Waals surface area contributed by atoms with Crippen molar-refractivity contribution in [2.75, 3.05) is 71.5 Å². The molecule has 0 aliphatic carbocycles. The van der Waals surface area contributed by atoms with Gasteiger partial charge < -0.3 is 23.7 Å². The van der Waals surface area contributed by atoms with E-state index in [4.69, 9.17) is 13.9 Å². The Morgan fingerprint density at radius 2 is 1.82 bits per heavy atom. The van der Waals surface area contributed by atoms with Gasteiger partial charge in [-0.3, -0.25) is 14.5 Å². The number of methoxy groups -OCH3 is 1. The minimum absolute atomic E-state index is 0.00298. The zero-order valence-electron chi connectivity index (χ0n) is 29.4. The summed E-state index contributed by atoms with van der Waals surface area (Å²) in [5, 5.41) is 0.826. The van der Waals surface area contributed by atoms with Gasteiger partial charge in [-0.25, -0.2) is 18.3 Å². The normalized spacial score (nSPS) is 20.1.